The number of nitrogens with zero attached hydrogens (tertiary/aromatic N) is 4. The molecule has 3 heterocycles. The van der Waals surface area contributed by atoms with Crippen molar-refractivity contribution in [2.75, 3.05) is 11.5 Å². The number of fused-ring (bicyclic) bond motifs is 3. The molecule has 0 saturated carbocycles. The fourth-order valence-corrected chi connectivity index (χ4v) is 1.91. The Bertz CT molecular complexity index is 514. The van der Waals surface area contributed by atoms with Crippen molar-refractivity contribution in [2.45, 2.75) is 19.4 Å². The molecule has 0 aliphatic carbocycles. The van der Waals surface area contributed by atoms with Crippen LogP contribution in [0.4, 0.5) is 11.8 Å². The van der Waals surface area contributed by atoms with E-state index in [0.717, 1.165) is 30.9 Å². The minimum Gasteiger partial charge on any atom is -0.382 e. The molecule has 72 valence electrons. The molecule has 0 amide bonds. The van der Waals surface area contributed by atoms with Gasteiger partial charge in [-0.15, -0.1) is 0 Å². The first-order valence-electron chi connectivity index (χ1n) is 4.54. The maximum Gasteiger partial charge on any atom is 0.224 e. The van der Waals surface area contributed by atoms with Crippen LogP contribution in [0.1, 0.15) is 12.2 Å². The second-order valence-electron chi connectivity index (χ2n) is 3.42. The van der Waals surface area contributed by atoms with Crippen LogP contribution in [0.25, 0.3) is 11.2 Å². The van der Waals surface area contributed by atoms with Gasteiger partial charge in [-0.1, -0.05) is 0 Å². The summed E-state index contributed by atoms with van der Waals surface area (Å²) in [7, 11) is 0. The fraction of sp³-hybridized carbons (Fsp3) is 0.375. The van der Waals surface area contributed by atoms with Gasteiger partial charge < -0.3 is 16.0 Å². The molecule has 3 rings (SSSR count). The van der Waals surface area contributed by atoms with E-state index < -0.39 is 0 Å². The Morgan fingerprint density at radius 1 is 1.14 bits per heavy atom. The Labute approximate surface area is 80.0 Å². The predicted octanol–water partition coefficient (Wildman–Crippen LogP) is -0.0631. The highest BCUT2D eigenvalue weighted by molar-refractivity contribution is 5.83. The number of aryl methyl sites for hydroxylation is 2. The lowest BCUT2D eigenvalue weighted by atomic mass is 10.3. The van der Waals surface area contributed by atoms with Gasteiger partial charge in [0.2, 0.25) is 5.95 Å². The Morgan fingerprint density at radius 3 is 2.86 bits per heavy atom. The molecule has 0 atom stereocenters. The summed E-state index contributed by atoms with van der Waals surface area (Å²) in [5, 5.41) is 0. The van der Waals surface area contributed by atoms with Crippen molar-refractivity contribution in [1.29, 1.82) is 0 Å². The molecule has 0 fully saturated rings. The van der Waals surface area contributed by atoms with Gasteiger partial charge in [0, 0.05) is 13.0 Å². The molecule has 0 unspecified atom stereocenters. The molecular formula is C8H10N6. The van der Waals surface area contributed by atoms with E-state index in [1.807, 2.05) is 0 Å². The van der Waals surface area contributed by atoms with E-state index in [4.69, 9.17) is 11.5 Å². The van der Waals surface area contributed by atoms with Crippen LogP contribution in [0.2, 0.25) is 0 Å². The second-order valence-corrected chi connectivity index (χ2v) is 3.42. The zero-order valence-corrected chi connectivity index (χ0v) is 7.56. The number of hydrogen-bond donors (Lipinski definition) is 2. The molecule has 0 bridgehead atoms. The van der Waals surface area contributed by atoms with Crippen molar-refractivity contribution in [2.24, 2.45) is 0 Å². The molecule has 14 heavy (non-hydrogen) atoms. The van der Waals surface area contributed by atoms with Gasteiger partial charge in [-0.05, 0) is 6.42 Å². The van der Waals surface area contributed by atoms with Crippen LogP contribution in [-0.4, -0.2) is 19.5 Å². The lowest BCUT2D eigenvalue weighted by Crippen LogP contribution is -2.02. The SMILES string of the molecule is Nc1nc(N)c2nc3n(c2n1)CCC3. The number of hydrogen-bond acceptors (Lipinski definition) is 5. The van der Waals surface area contributed by atoms with Crippen LogP contribution in [0.5, 0.6) is 0 Å². The van der Waals surface area contributed by atoms with Crippen LogP contribution in [0, 0.1) is 0 Å². The molecule has 6 heteroatoms. The molecule has 4 N–H and O–H groups in total. The average molecular weight is 190 g/mol. The molecule has 2 aromatic rings. The zero-order chi connectivity index (χ0) is 9.71. The highest BCUT2D eigenvalue weighted by atomic mass is 15.2. The first-order chi connectivity index (χ1) is 6.75. The topological polar surface area (TPSA) is 95.6 Å². The number of imidazole rings is 1. The number of aromatic nitrogens is 4. The maximum absolute atomic E-state index is 5.71. The fourth-order valence-electron chi connectivity index (χ4n) is 1.91. The number of rotatable bonds is 0. The van der Waals surface area contributed by atoms with E-state index >= 15 is 0 Å². The smallest absolute Gasteiger partial charge is 0.224 e. The van der Waals surface area contributed by atoms with Gasteiger partial charge >= 0.3 is 0 Å². The minimum atomic E-state index is 0.213. The van der Waals surface area contributed by atoms with Crippen molar-refractivity contribution in [3.05, 3.63) is 5.82 Å². The molecule has 0 aromatic carbocycles. The van der Waals surface area contributed by atoms with Gasteiger partial charge in [0.15, 0.2) is 17.0 Å². The van der Waals surface area contributed by atoms with Crippen molar-refractivity contribution in [3.8, 4) is 0 Å². The van der Waals surface area contributed by atoms with E-state index in [1.54, 1.807) is 0 Å². The molecule has 1 aliphatic rings. The van der Waals surface area contributed by atoms with Crippen molar-refractivity contribution >= 4 is 22.9 Å². The van der Waals surface area contributed by atoms with Crippen molar-refractivity contribution in [1.82, 2.24) is 19.5 Å². The highest BCUT2D eigenvalue weighted by Gasteiger charge is 2.19. The maximum atomic E-state index is 5.71. The van der Waals surface area contributed by atoms with Crippen LogP contribution in [0.15, 0.2) is 0 Å². The zero-order valence-electron chi connectivity index (χ0n) is 7.56. The monoisotopic (exact) mass is 190 g/mol. The van der Waals surface area contributed by atoms with Gasteiger partial charge in [0.1, 0.15) is 5.82 Å². The van der Waals surface area contributed by atoms with Gasteiger partial charge in [0.05, 0.1) is 0 Å². The molecule has 0 saturated heterocycles. The molecular weight excluding hydrogens is 180 g/mol. The largest absolute Gasteiger partial charge is 0.382 e. The van der Waals surface area contributed by atoms with Gasteiger partial charge in [-0.3, -0.25) is 0 Å². The van der Waals surface area contributed by atoms with E-state index in [2.05, 4.69) is 19.5 Å². The third-order valence-electron chi connectivity index (χ3n) is 2.50. The molecule has 2 aromatic heterocycles. The first kappa shape index (κ1) is 7.54. The van der Waals surface area contributed by atoms with E-state index in [9.17, 15) is 0 Å². The quantitative estimate of drug-likeness (QED) is 0.606. The van der Waals surface area contributed by atoms with Crippen LogP contribution >= 0.6 is 0 Å². The summed E-state index contributed by atoms with van der Waals surface area (Å²) < 4.78 is 2.06. The van der Waals surface area contributed by atoms with Gasteiger partial charge in [0.25, 0.3) is 0 Å². The molecule has 6 nitrogen and oxygen atoms in total. The lowest BCUT2D eigenvalue weighted by molar-refractivity contribution is 0.764. The first-order valence-corrected chi connectivity index (χ1v) is 4.54. The highest BCUT2D eigenvalue weighted by Crippen LogP contribution is 2.24. The van der Waals surface area contributed by atoms with Gasteiger partial charge in [-0.2, -0.15) is 9.97 Å². The summed E-state index contributed by atoms with van der Waals surface area (Å²) in [5.74, 6) is 1.62. The van der Waals surface area contributed by atoms with E-state index in [1.165, 1.54) is 0 Å². The Hall–Kier alpha value is -1.85. The summed E-state index contributed by atoms with van der Waals surface area (Å²) in [6, 6.07) is 0. The summed E-state index contributed by atoms with van der Waals surface area (Å²) in [5.41, 5.74) is 12.7. The van der Waals surface area contributed by atoms with Crippen LogP contribution in [-0.2, 0) is 13.0 Å². The number of nitrogens with two attached hydrogens (primary N) is 2. The lowest BCUT2D eigenvalue weighted by Gasteiger charge is -1.99. The third kappa shape index (κ3) is 0.822. The summed E-state index contributed by atoms with van der Waals surface area (Å²) in [4.78, 5) is 12.4. The van der Waals surface area contributed by atoms with Crippen LogP contribution < -0.4 is 11.5 Å². The summed E-state index contributed by atoms with van der Waals surface area (Å²) >= 11 is 0. The molecule has 1 aliphatic heterocycles. The Kier molecular flexibility index (Phi) is 1.26. The molecule has 0 spiro atoms. The second kappa shape index (κ2) is 2.34. The van der Waals surface area contributed by atoms with E-state index in [0.29, 0.717) is 11.3 Å². The Morgan fingerprint density at radius 2 is 2.00 bits per heavy atom. The van der Waals surface area contributed by atoms with Crippen molar-refractivity contribution in [3.63, 3.8) is 0 Å². The molecule has 0 radical (unpaired) electrons. The average Bonchev–Trinajstić information content (AvgIpc) is 2.65. The van der Waals surface area contributed by atoms with Crippen LogP contribution in [0.3, 0.4) is 0 Å². The van der Waals surface area contributed by atoms with E-state index in [-0.39, 0.29) is 5.95 Å². The number of anilines is 2. The Balaban J connectivity index is 2.43. The summed E-state index contributed by atoms with van der Waals surface area (Å²) in [6.45, 7) is 0.946. The van der Waals surface area contributed by atoms with Crippen molar-refractivity contribution < 1.29 is 0 Å². The minimum absolute atomic E-state index is 0.213. The predicted molar refractivity (Wildman–Crippen MR) is 52.5 cm³/mol. The van der Waals surface area contributed by atoms with Gasteiger partial charge in [-0.25, -0.2) is 4.98 Å². The summed E-state index contributed by atoms with van der Waals surface area (Å²) in [6.07, 6.45) is 2.10. The normalized spacial score (nSPS) is 14.9. The standard InChI is InChI=1S/C8H10N6/c9-6-5-7(13-8(10)12-6)14-3-1-2-4(14)11-5/h1-3H2,(H4,9,10,12,13). The third-order valence-corrected chi connectivity index (χ3v) is 2.50. The number of nitrogen functional groups attached to an aromatic ring is 2.